The number of carbonyl (C=O) groups excluding carboxylic acids is 2. The second kappa shape index (κ2) is 7.72. The Morgan fingerprint density at radius 1 is 1.00 bits per heavy atom. The maximum atomic E-state index is 11.9. The number of benzene rings is 2. The molecule has 1 aromatic heterocycles. The fourth-order valence-electron chi connectivity index (χ4n) is 2.37. The average molecular weight is 378 g/mol. The molecular formula is C21H22N4O3. The van der Waals surface area contributed by atoms with Gasteiger partial charge in [0.25, 0.3) is 0 Å². The van der Waals surface area contributed by atoms with Crippen molar-refractivity contribution in [3.63, 3.8) is 0 Å². The van der Waals surface area contributed by atoms with Crippen LogP contribution in [-0.2, 0) is 11.3 Å². The summed E-state index contributed by atoms with van der Waals surface area (Å²) in [4.78, 5) is 24.8. The molecule has 0 saturated heterocycles. The average Bonchev–Trinajstić information content (AvgIpc) is 3.10. The summed E-state index contributed by atoms with van der Waals surface area (Å²) in [7, 11) is 0. The number of ether oxygens (including phenoxy) is 1. The predicted molar refractivity (Wildman–Crippen MR) is 104 cm³/mol. The monoisotopic (exact) mass is 378 g/mol. The van der Waals surface area contributed by atoms with Crippen molar-refractivity contribution in [2.75, 3.05) is 0 Å². The maximum Gasteiger partial charge on any atom is 0.316 e. The Morgan fingerprint density at radius 3 is 2.21 bits per heavy atom. The van der Waals surface area contributed by atoms with Crippen LogP contribution in [0.4, 0.5) is 0 Å². The molecule has 0 amide bonds. The van der Waals surface area contributed by atoms with Gasteiger partial charge in [-0.1, -0.05) is 24.3 Å². The molecule has 7 nitrogen and oxygen atoms in total. The molecule has 3 rings (SSSR count). The molecule has 0 N–H and O–H groups in total. The zero-order valence-corrected chi connectivity index (χ0v) is 16.3. The largest absolute Gasteiger partial charge is 0.426 e. The van der Waals surface area contributed by atoms with Gasteiger partial charge in [0, 0.05) is 11.1 Å². The lowest BCUT2D eigenvalue weighted by molar-refractivity contribution is -0.142. The molecule has 0 aliphatic carbocycles. The van der Waals surface area contributed by atoms with Crippen molar-refractivity contribution in [2.45, 2.75) is 34.2 Å². The van der Waals surface area contributed by atoms with E-state index in [1.54, 1.807) is 57.2 Å². The lowest BCUT2D eigenvalue weighted by Crippen LogP contribution is -2.25. The van der Waals surface area contributed by atoms with Gasteiger partial charge in [0.2, 0.25) is 5.82 Å². The van der Waals surface area contributed by atoms with Crippen LogP contribution in [0.15, 0.2) is 48.5 Å². The highest BCUT2D eigenvalue weighted by atomic mass is 16.5. The first-order valence-electron chi connectivity index (χ1n) is 8.93. The molecule has 2 aromatic carbocycles. The standard InChI is InChI=1S/C21H22N4O3/c1-14(26)16-7-5-15(6-8-16)13-25-23-19(22-24-25)17-9-11-18(12-10-17)28-20(27)21(2,3)4/h5-12H,13H2,1-4H3. The number of tetrazole rings is 1. The van der Waals surface area contributed by atoms with E-state index in [4.69, 9.17) is 4.74 Å². The number of aromatic nitrogens is 4. The zero-order chi connectivity index (χ0) is 20.3. The molecule has 0 bridgehead atoms. The third-order valence-corrected chi connectivity index (χ3v) is 4.07. The van der Waals surface area contributed by atoms with E-state index < -0.39 is 5.41 Å². The van der Waals surface area contributed by atoms with Gasteiger partial charge in [-0.2, -0.15) is 4.80 Å². The van der Waals surface area contributed by atoms with Crippen LogP contribution in [0.2, 0.25) is 0 Å². The summed E-state index contributed by atoms with van der Waals surface area (Å²) in [6.45, 7) is 7.40. The molecule has 0 fully saturated rings. The fraction of sp³-hybridized carbons (Fsp3) is 0.286. The topological polar surface area (TPSA) is 87.0 Å². The first-order chi connectivity index (χ1) is 13.2. The number of nitrogens with zero attached hydrogens (tertiary/aromatic N) is 4. The van der Waals surface area contributed by atoms with E-state index in [1.807, 2.05) is 12.1 Å². The van der Waals surface area contributed by atoms with Gasteiger partial charge in [-0.3, -0.25) is 9.59 Å². The van der Waals surface area contributed by atoms with Gasteiger partial charge in [0.15, 0.2) is 5.78 Å². The molecule has 1 heterocycles. The normalized spacial score (nSPS) is 11.3. The molecular weight excluding hydrogens is 356 g/mol. The van der Waals surface area contributed by atoms with E-state index in [0.717, 1.165) is 11.1 Å². The Hall–Kier alpha value is -3.35. The van der Waals surface area contributed by atoms with Crippen molar-refractivity contribution in [1.82, 2.24) is 20.2 Å². The minimum atomic E-state index is -0.564. The van der Waals surface area contributed by atoms with Crippen LogP contribution in [0, 0.1) is 5.41 Å². The Balaban J connectivity index is 1.68. The molecule has 7 heteroatoms. The molecule has 0 spiro atoms. The van der Waals surface area contributed by atoms with Crippen molar-refractivity contribution < 1.29 is 14.3 Å². The van der Waals surface area contributed by atoms with E-state index in [-0.39, 0.29) is 11.8 Å². The van der Waals surface area contributed by atoms with Crippen LogP contribution >= 0.6 is 0 Å². The molecule has 0 aliphatic rings. The van der Waals surface area contributed by atoms with Gasteiger partial charge in [-0.15, -0.1) is 10.2 Å². The number of hydrogen-bond acceptors (Lipinski definition) is 6. The Labute approximate surface area is 163 Å². The zero-order valence-electron chi connectivity index (χ0n) is 16.3. The van der Waals surface area contributed by atoms with E-state index in [2.05, 4.69) is 15.4 Å². The number of hydrogen-bond donors (Lipinski definition) is 0. The molecule has 0 atom stereocenters. The minimum Gasteiger partial charge on any atom is -0.426 e. The second-order valence-corrected chi connectivity index (χ2v) is 7.56. The van der Waals surface area contributed by atoms with Crippen LogP contribution in [0.3, 0.4) is 0 Å². The van der Waals surface area contributed by atoms with Crippen LogP contribution in [0.25, 0.3) is 11.4 Å². The van der Waals surface area contributed by atoms with E-state index in [0.29, 0.717) is 23.7 Å². The minimum absolute atomic E-state index is 0.0318. The SMILES string of the molecule is CC(=O)c1ccc(Cn2nnc(-c3ccc(OC(=O)C(C)(C)C)cc3)n2)cc1. The third kappa shape index (κ3) is 4.68. The maximum absolute atomic E-state index is 11.9. The summed E-state index contributed by atoms with van der Waals surface area (Å²) in [5.41, 5.74) is 1.85. The highest BCUT2D eigenvalue weighted by molar-refractivity contribution is 5.94. The number of ketones is 1. The van der Waals surface area contributed by atoms with Crippen molar-refractivity contribution in [1.29, 1.82) is 0 Å². The number of carbonyl (C=O) groups is 2. The molecule has 0 saturated carbocycles. The Bertz CT molecular complexity index is 984. The van der Waals surface area contributed by atoms with Crippen molar-refractivity contribution >= 4 is 11.8 Å². The second-order valence-electron chi connectivity index (χ2n) is 7.56. The molecule has 0 aliphatic heterocycles. The van der Waals surface area contributed by atoms with E-state index >= 15 is 0 Å². The van der Waals surface area contributed by atoms with Crippen LogP contribution in [-0.4, -0.2) is 32.0 Å². The summed E-state index contributed by atoms with van der Waals surface area (Å²) in [5.74, 6) is 0.695. The van der Waals surface area contributed by atoms with Gasteiger partial charge in [0.05, 0.1) is 12.0 Å². The molecule has 3 aromatic rings. The van der Waals surface area contributed by atoms with Gasteiger partial charge < -0.3 is 4.74 Å². The summed E-state index contributed by atoms with van der Waals surface area (Å²) in [6, 6.07) is 14.3. The molecule has 144 valence electrons. The van der Waals surface area contributed by atoms with Crippen LogP contribution in [0.1, 0.15) is 43.6 Å². The number of rotatable bonds is 5. The van der Waals surface area contributed by atoms with Crippen LogP contribution in [0.5, 0.6) is 5.75 Å². The quantitative estimate of drug-likeness (QED) is 0.383. The molecule has 0 unspecified atom stereocenters. The summed E-state index contributed by atoms with van der Waals surface area (Å²) >= 11 is 0. The number of esters is 1. The van der Waals surface area contributed by atoms with Crippen molar-refractivity contribution in [3.8, 4) is 17.1 Å². The number of Topliss-reactive ketones (excluding diaryl/α,β-unsaturated/α-hetero) is 1. The summed E-state index contributed by atoms with van der Waals surface area (Å²) in [6.07, 6.45) is 0. The highest BCUT2D eigenvalue weighted by Crippen LogP contribution is 2.22. The van der Waals surface area contributed by atoms with Gasteiger partial charge >= 0.3 is 5.97 Å². The summed E-state index contributed by atoms with van der Waals surface area (Å²) in [5, 5.41) is 12.5. The van der Waals surface area contributed by atoms with Gasteiger partial charge in [0.1, 0.15) is 5.75 Å². The Kier molecular flexibility index (Phi) is 5.35. The lowest BCUT2D eigenvalue weighted by Gasteiger charge is -2.16. The smallest absolute Gasteiger partial charge is 0.316 e. The van der Waals surface area contributed by atoms with Crippen LogP contribution < -0.4 is 4.74 Å². The predicted octanol–water partition coefficient (Wildman–Crippen LogP) is 3.54. The van der Waals surface area contributed by atoms with Gasteiger partial charge in [-0.25, -0.2) is 0 Å². The van der Waals surface area contributed by atoms with E-state index in [9.17, 15) is 9.59 Å². The highest BCUT2D eigenvalue weighted by Gasteiger charge is 2.23. The third-order valence-electron chi connectivity index (χ3n) is 4.07. The van der Waals surface area contributed by atoms with Gasteiger partial charge in [-0.05, 0) is 62.7 Å². The molecule has 0 radical (unpaired) electrons. The first kappa shape index (κ1) is 19.4. The van der Waals surface area contributed by atoms with Crippen molar-refractivity contribution in [2.24, 2.45) is 5.41 Å². The molecule has 28 heavy (non-hydrogen) atoms. The fourth-order valence-corrected chi connectivity index (χ4v) is 2.37. The first-order valence-corrected chi connectivity index (χ1v) is 8.93. The van der Waals surface area contributed by atoms with E-state index in [1.165, 1.54) is 11.7 Å². The Morgan fingerprint density at radius 2 is 1.64 bits per heavy atom. The lowest BCUT2D eigenvalue weighted by atomic mass is 9.97. The van der Waals surface area contributed by atoms with Crippen molar-refractivity contribution in [3.05, 3.63) is 59.7 Å². The summed E-state index contributed by atoms with van der Waals surface area (Å²) < 4.78 is 5.36.